The SMILES string of the molecule is O=[N+]([O-])c1cc(S(=O)(=O)NCCC[NH+]2CCOCC2)ccc1Oc1ccccc1. The maximum absolute atomic E-state index is 12.5. The third-order valence-electron chi connectivity index (χ3n) is 4.61. The molecule has 2 aromatic carbocycles. The van der Waals surface area contributed by atoms with Crippen LogP contribution in [0.4, 0.5) is 5.69 Å². The first-order valence-electron chi connectivity index (χ1n) is 9.38. The Morgan fingerprint density at radius 3 is 2.55 bits per heavy atom. The number of nitro benzene ring substituents is 1. The predicted octanol–water partition coefficient (Wildman–Crippen LogP) is 0.971. The number of morpholine rings is 1. The second-order valence-corrected chi connectivity index (χ2v) is 8.43. The van der Waals surface area contributed by atoms with Crippen LogP contribution in [0.15, 0.2) is 53.4 Å². The molecule has 0 aromatic heterocycles. The van der Waals surface area contributed by atoms with Crippen molar-refractivity contribution in [3.8, 4) is 11.5 Å². The van der Waals surface area contributed by atoms with Crippen molar-refractivity contribution in [2.45, 2.75) is 11.3 Å². The molecular formula is C19H24N3O6S+. The summed E-state index contributed by atoms with van der Waals surface area (Å²) >= 11 is 0. The Hall–Kier alpha value is -2.53. The minimum Gasteiger partial charge on any atom is -0.450 e. The Balaban J connectivity index is 1.65. The fourth-order valence-electron chi connectivity index (χ4n) is 3.05. The Bertz CT molecular complexity index is 930. The van der Waals surface area contributed by atoms with E-state index in [4.69, 9.17) is 9.47 Å². The summed E-state index contributed by atoms with van der Waals surface area (Å²) in [6.07, 6.45) is 0.672. The van der Waals surface area contributed by atoms with Crippen LogP contribution in [0.2, 0.25) is 0 Å². The Labute approximate surface area is 169 Å². The molecule has 0 bridgehead atoms. The summed E-state index contributed by atoms with van der Waals surface area (Å²) in [6.45, 7) is 4.40. The third-order valence-corrected chi connectivity index (χ3v) is 6.07. The number of nitrogens with one attached hydrogen (secondary N) is 2. The van der Waals surface area contributed by atoms with Crippen molar-refractivity contribution in [2.75, 3.05) is 39.4 Å². The Morgan fingerprint density at radius 1 is 1.14 bits per heavy atom. The maximum atomic E-state index is 12.5. The summed E-state index contributed by atoms with van der Waals surface area (Å²) in [5.74, 6) is 0.408. The first-order valence-corrected chi connectivity index (χ1v) is 10.9. The van der Waals surface area contributed by atoms with Gasteiger partial charge in [-0.25, -0.2) is 13.1 Å². The number of nitro groups is 1. The highest BCUT2D eigenvalue weighted by Gasteiger charge is 2.23. The van der Waals surface area contributed by atoms with Crippen LogP contribution in [0.3, 0.4) is 0 Å². The number of benzene rings is 2. The summed E-state index contributed by atoms with van der Waals surface area (Å²) in [4.78, 5) is 12.0. The average Bonchev–Trinajstić information content (AvgIpc) is 2.73. The topological polar surface area (TPSA) is 112 Å². The molecule has 0 radical (unpaired) electrons. The molecule has 10 heteroatoms. The van der Waals surface area contributed by atoms with Gasteiger partial charge in [-0.3, -0.25) is 10.1 Å². The fourth-order valence-corrected chi connectivity index (χ4v) is 4.14. The number of para-hydroxylation sites is 1. The molecule has 0 amide bonds. The number of quaternary nitrogens is 1. The number of ether oxygens (including phenoxy) is 2. The van der Waals surface area contributed by atoms with Crippen LogP contribution in [-0.2, 0) is 14.8 Å². The van der Waals surface area contributed by atoms with Crippen molar-refractivity contribution in [3.63, 3.8) is 0 Å². The highest BCUT2D eigenvalue weighted by molar-refractivity contribution is 7.89. The minimum absolute atomic E-state index is 0.0175. The normalized spacial score (nSPS) is 15.2. The van der Waals surface area contributed by atoms with E-state index < -0.39 is 20.6 Å². The summed E-state index contributed by atoms with van der Waals surface area (Å²) < 4.78 is 38.4. The Morgan fingerprint density at radius 2 is 1.86 bits per heavy atom. The van der Waals surface area contributed by atoms with Crippen LogP contribution in [-0.4, -0.2) is 52.7 Å². The zero-order valence-electron chi connectivity index (χ0n) is 15.9. The van der Waals surface area contributed by atoms with E-state index in [1.807, 2.05) is 0 Å². The summed E-state index contributed by atoms with van der Waals surface area (Å²) in [5.41, 5.74) is -0.408. The number of hydrogen-bond donors (Lipinski definition) is 2. The second-order valence-electron chi connectivity index (χ2n) is 6.67. The van der Waals surface area contributed by atoms with E-state index in [-0.39, 0.29) is 17.2 Å². The molecule has 1 aliphatic heterocycles. The van der Waals surface area contributed by atoms with Crippen LogP contribution in [0.1, 0.15) is 6.42 Å². The molecule has 0 atom stereocenters. The van der Waals surface area contributed by atoms with Gasteiger partial charge in [0.25, 0.3) is 0 Å². The molecule has 3 rings (SSSR count). The van der Waals surface area contributed by atoms with E-state index in [2.05, 4.69) is 4.72 Å². The number of nitrogens with zero attached hydrogens (tertiary/aromatic N) is 1. The van der Waals surface area contributed by atoms with Crippen LogP contribution in [0, 0.1) is 10.1 Å². The highest BCUT2D eigenvalue weighted by atomic mass is 32.2. The number of hydrogen-bond acceptors (Lipinski definition) is 6. The molecule has 1 fully saturated rings. The van der Waals surface area contributed by atoms with Crippen molar-refractivity contribution in [1.82, 2.24) is 4.72 Å². The van der Waals surface area contributed by atoms with E-state index in [0.717, 1.165) is 38.9 Å². The molecule has 0 unspecified atom stereocenters. The van der Waals surface area contributed by atoms with Crippen LogP contribution in [0.5, 0.6) is 11.5 Å². The molecule has 0 saturated carbocycles. The molecule has 2 N–H and O–H groups in total. The molecule has 156 valence electrons. The van der Waals surface area contributed by atoms with Crippen LogP contribution >= 0.6 is 0 Å². The molecule has 0 aliphatic carbocycles. The van der Waals surface area contributed by atoms with Gasteiger partial charge in [0.15, 0.2) is 0 Å². The standard InChI is InChI=1S/C19H23N3O6S/c23-22(24)18-15-17(7-8-19(18)28-16-5-2-1-3-6-16)29(25,26)20-9-4-10-21-11-13-27-14-12-21/h1-3,5-8,15,20H,4,9-14H2/p+1. The minimum atomic E-state index is -3.85. The smallest absolute Gasteiger partial charge is 0.312 e. The van der Waals surface area contributed by atoms with Crippen LogP contribution in [0.25, 0.3) is 0 Å². The van der Waals surface area contributed by atoms with Crippen molar-refractivity contribution in [2.24, 2.45) is 0 Å². The number of rotatable bonds is 9. The van der Waals surface area contributed by atoms with Crippen molar-refractivity contribution < 1.29 is 27.7 Å². The Kier molecular flexibility index (Phi) is 7.15. The van der Waals surface area contributed by atoms with Gasteiger partial charge in [0, 0.05) is 19.0 Å². The lowest BCUT2D eigenvalue weighted by molar-refractivity contribution is -0.908. The monoisotopic (exact) mass is 422 g/mol. The molecular weight excluding hydrogens is 398 g/mol. The quantitative estimate of drug-likeness (QED) is 0.354. The van der Waals surface area contributed by atoms with Gasteiger partial charge in [-0.15, -0.1) is 0 Å². The van der Waals surface area contributed by atoms with Gasteiger partial charge in [0.05, 0.1) is 29.6 Å². The summed E-state index contributed by atoms with van der Waals surface area (Å²) in [5, 5.41) is 11.4. The zero-order chi connectivity index (χ0) is 20.7. The molecule has 1 heterocycles. The van der Waals surface area contributed by atoms with E-state index in [0.29, 0.717) is 12.2 Å². The third kappa shape index (κ3) is 5.97. The second kappa shape index (κ2) is 9.79. The largest absolute Gasteiger partial charge is 0.450 e. The van der Waals surface area contributed by atoms with Crippen molar-refractivity contribution in [1.29, 1.82) is 0 Å². The van der Waals surface area contributed by atoms with Gasteiger partial charge in [-0.1, -0.05) is 18.2 Å². The molecule has 0 spiro atoms. The fraction of sp³-hybridized carbons (Fsp3) is 0.368. The van der Waals surface area contributed by atoms with Gasteiger partial charge in [-0.2, -0.15) is 0 Å². The zero-order valence-corrected chi connectivity index (χ0v) is 16.7. The first kappa shape index (κ1) is 21.2. The summed E-state index contributed by atoms with van der Waals surface area (Å²) in [6, 6.07) is 12.2. The van der Waals surface area contributed by atoms with Crippen LogP contribution < -0.4 is 14.4 Å². The lowest BCUT2D eigenvalue weighted by Gasteiger charge is -2.23. The van der Waals surface area contributed by atoms with E-state index in [9.17, 15) is 18.5 Å². The van der Waals surface area contributed by atoms with Gasteiger partial charge < -0.3 is 14.4 Å². The highest BCUT2D eigenvalue weighted by Crippen LogP contribution is 2.33. The molecule has 1 aliphatic rings. The number of sulfonamides is 1. The average molecular weight is 422 g/mol. The van der Waals surface area contributed by atoms with E-state index in [1.165, 1.54) is 17.0 Å². The van der Waals surface area contributed by atoms with Gasteiger partial charge in [0.1, 0.15) is 18.8 Å². The van der Waals surface area contributed by atoms with E-state index >= 15 is 0 Å². The van der Waals surface area contributed by atoms with Crippen molar-refractivity contribution in [3.05, 3.63) is 58.6 Å². The maximum Gasteiger partial charge on any atom is 0.312 e. The molecule has 2 aromatic rings. The van der Waals surface area contributed by atoms with Gasteiger partial charge in [-0.05, 0) is 24.3 Å². The van der Waals surface area contributed by atoms with E-state index in [1.54, 1.807) is 30.3 Å². The molecule has 1 saturated heterocycles. The summed E-state index contributed by atoms with van der Waals surface area (Å²) in [7, 11) is -3.85. The van der Waals surface area contributed by atoms with Crippen molar-refractivity contribution >= 4 is 15.7 Å². The molecule has 29 heavy (non-hydrogen) atoms. The lowest BCUT2D eigenvalue weighted by Crippen LogP contribution is -3.14. The molecule has 9 nitrogen and oxygen atoms in total. The predicted molar refractivity (Wildman–Crippen MR) is 106 cm³/mol. The van der Waals surface area contributed by atoms with Gasteiger partial charge in [0.2, 0.25) is 15.8 Å². The van der Waals surface area contributed by atoms with Gasteiger partial charge >= 0.3 is 5.69 Å². The lowest BCUT2D eigenvalue weighted by atomic mass is 10.3. The first-order chi connectivity index (χ1) is 14.0.